The zero-order chi connectivity index (χ0) is 32.1. The minimum atomic E-state index is -2.23. The number of aliphatic hydroxyl groups is 4. The third-order valence-corrected chi connectivity index (χ3v) is 7.76. The van der Waals surface area contributed by atoms with E-state index in [1.165, 1.54) is 6.42 Å². The van der Waals surface area contributed by atoms with Crippen LogP contribution in [0.25, 0.3) is 0 Å². The lowest BCUT2D eigenvalue weighted by molar-refractivity contribution is -0.145. The summed E-state index contributed by atoms with van der Waals surface area (Å²) >= 11 is 0. The van der Waals surface area contributed by atoms with Gasteiger partial charge in [0, 0.05) is 0 Å². The van der Waals surface area contributed by atoms with E-state index in [1.807, 2.05) is 13.8 Å². The Morgan fingerprint density at radius 1 is 0.884 bits per heavy atom. The molecule has 242 valence electrons. The van der Waals surface area contributed by atoms with E-state index in [-0.39, 0.29) is 12.3 Å². The van der Waals surface area contributed by atoms with Crippen LogP contribution in [0.3, 0.4) is 0 Å². The summed E-state index contributed by atoms with van der Waals surface area (Å²) in [5, 5.41) is 58.3. The number of carbonyl (C=O) groups is 4. The monoisotopic (exact) mass is 608 g/mol. The van der Waals surface area contributed by atoms with Crippen molar-refractivity contribution in [1.29, 1.82) is 0 Å². The normalized spacial score (nSPS) is 18.9. The number of nitrogens with one attached hydrogen (secondary N) is 3. The van der Waals surface area contributed by atoms with E-state index < -0.39 is 79.2 Å². The molecule has 7 atom stereocenters. The first-order valence-corrected chi connectivity index (χ1v) is 14.9. The minimum Gasteiger partial charge on any atom is -0.481 e. The number of rotatable bonds is 17. The highest BCUT2D eigenvalue weighted by atomic mass is 16.4. The number of amides is 3. The van der Waals surface area contributed by atoms with Crippen LogP contribution in [0.5, 0.6) is 0 Å². The Morgan fingerprint density at radius 3 is 2.07 bits per heavy atom. The molecule has 0 bridgehead atoms. The molecule has 1 saturated carbocycles. The molecule has 0 aliphatic heterocycles. The largest absolute Gasteiger partial charge is 0.481 e. The SMILES string of the molecule is CC(C)C[C@H](NC(=O)[C@@H](N)CC1CCCCC1)C(=O)N[C@@H](CO)[C@@H](O)[C@@H](O)[C@H](O)C(=O)N[C@@H](CC(=O)O)c1ccccc1. The van der Waals surface area contributed by atoms with Gasteiger partial charge in [0.05, 0.1) is 31.2 Å². The van der Waals surface area contributed by atoms with Gasteiger partial charge in [0.2, 0.25) is 11.8 Å². The van der Waals surface area contributed by atoms with Crippen LogP contribution in [0.15, 0.2) is 30.3 Å². The van der Waals surface area contributed by atoms with Crippen LogP contribution < -0.4 is 21.7 Å². The van der Waals surface area contributed by atoms with Crippen LogP contribution in [0.2, 0.25) is 0 Å². The topological polar surface area (TPSA) is 232 Å². The second-order valence-electron chi connectivity index (χ2n) is 11.8. The van der Waals surface area contributed by atoms with Crippen molar-refractivity contribution in [2.45, 2.75) is 108 Å². The first-order valence-electron chi connectivity index (χ1n) is 14.9. The highest BCUT2D eigenvalue weighted by Gasteiger charge is 2.38. The molecule has 0 heterocycles. The summed E-state index contributed by atoms with van der Waals surface area (Å²) in [5.41, 5.74) is 6.59. The molecule has 1 fully saturated rings. The molecular formula is C30H48N4O9. The molecule has 1 aliphatic carbocycles. The zero-order valence-electron chi connectivity index (χ0n) is 24.9. The Bertz CT molecular complexity index is 1040. The van der Waals surface area contributed by atoms with Gasteiger partial charge < -0.3 is 47.2 Å². The number of hydrogen-bond acceptors (Lipinski definition) is 9. The molecule has 1 aromatic carbocycles. The van der Waals surface area contributed by atoms with E-state index in [1.54, 1.807) is 30.3 Å². The molecule has 0 unspecified atom stereocenters. The van der Waals surface area contributed by atoms with Crippen molar-refractivity contribution in [3.05, 3.63) is 35.9 Å². The van der Waals surface area contributed by atoms with E-state index in [4.69, 9.17) is 5.73 Å². The van der Waals surface area contributed by atoms with Gasteiger partial charge in [-0.25, -0.2) is 0 Å². The van der Waals surface area contributed by atoms with Crippen molar-refractivity contribution in [1.82, 2.24) is 16.0 Å². The average molecular weight is 609 g/mol. The van der Waals surface area contributed by atoms with Gasteiger partial charge in [0.1, 0.15) is 18.2 Å². The number of carbonyl (C=O) groups excluding carboxylic acids is 3. The third-order valence-electron chi connectivity index (χ3n) is 7.76. The van der Waals surface area contributed by atoms with Gasteiger partial charge in [0.25, 0.3) is 5.91 Å². The van der Waals surface area contributed by atoms with Crippen LogP contribution in [-0.4, -0.2) is 92.3 Å². The highest BCUT2D eigenvalue weighted by Crippen LogP contribution is 2.27. The molecule has 2 rings (SSSR count). The molecule has 0 radical (unpaired) electrons. The maximum absolute atomic E-state index is 13.2. The smallest absolute Gasteiger partial charge is 0.305 e. The third kappa shape index (κ3) is 11.8. The van der Waals surface area contributed by atoms with Crippen LogP contribution in [-0.2, 0) is 19.2 Å². The minimum absolute atomic E-state index is 0.0254. The van der Waals surface area contributed by atoms with E-state index >= 15 is 0 Å². The molecule has 0 aromatic heterocycles. The Hall–Kier alpha value is -3.10. The number of carboxylic acid groups (broad SMARTS) is 1. The van der Waals surface area contributed by atoms with Crippen molar-refractivity contribution in [3.8, 4) is 0 Å². The van der Waals surface area contributed by atoms with Crippen LogP contribution in [0, 0.1) is 11.8 Å². The molecule has 0 saturated heterocycles. The maximum Gasteiger partial charge on any atom is 0.305 e. The second-order valence-corrected chi connectivity index (χ2v) is 11.8. The molecule has 13 nitrogen and oxygen atoms in total. The summed E-state index contributed by atoms with van der Waals surface area (Å²) in [6, 6.07) is 3.72. The van der Waals surface area contributed by atoms with Crippen molar-refractivity contribution in [2.75, 3.05) is 6.61 Å². The lowest BCUT2D eigenvalue weighted by atomic mass is 9.85. The predicted octanol–water partition coefficient (Wildman–Crippen LogP) is -0.293. The zero-order valence-corrected chi connectivity index (χ0v) is 24.9. The molecule has 0 spiro atoms. The fourth-order valence-corrected chi connectivity index (χ4v) is 5.34. The molecule has 13 heteroatoms. The fraction of sp³-hybridized carbons (Fsp3) is 0.667. The number of aliphatic hydroxyl groups excluding tert-OH is 4. The fourth-order valence-electron chi connectivity index (χ4n) is 5.34. The lowest BCUT2D eigenvalue weighted by Crippen LogP contribution is -2.60. The van der Waals surface area contributed by atoms with E-state index in [0.29, 0.717) is 17.9 Å². The van der Waals surface area contributed by atoms with Gasteiger partial charge in [-0.15, -0.1) is 0 Å². The van der Waals surface area contributed by atoms with Gasteiger partial charge in [-0.2, -0.15) is 0 Å². The molecule has 1 aliphatic rings. The van der Waals surface area contributed by atoms with Gasteiger partial charge in [-0.1, -0.05) is 76.3 Å². The van der Waals surface area contributed by atoms with Gasteiger partial charge in [-0.3, -0.25) is 19.2 Å². The molecule has 3 amide bonds. The lowest BCUT2D eigenvalue weighted by Gasteiger charge is -2.31. The second kappa shape index (κ2) is 17.9. The first-order chi connectivity index (χ1) is 20.3. The summed E-state index contributed by atoms with van der Waals surface area (Å²) in [6.45, 7) is 2.82. The number of nitrogens with two attached hydrogens (primary N) is 1. The van der Waals surface area contributed by atoms with Crippen molar-refractivity contribution < 1.29 is 44.7 Å². The van der Waals surface area contributed by atoms with E-state index in [9.17, 15) is 44.7 Å². The number of hydrogen-bond donors (Lipinski definition) is 9. The van der Waals surface area contributed by atoms with Crippen molar-refractivity contribution >= 4 is 23.7 Å². The molecule has 10 N–H and O–H groups in total. The first kappa shape index (κ1) is 36.1. The number of carboxylic acids is 1. The quantitative estimate of drug-likeness (QED) is 0.112. The highest BCUT2D eigenvalue weighted by molar-refractivity contribution is 5.90. The van der Waals surface area contributed by atoms with Gasteiger partial charge >= 0.3 is 5.97 Å². The standard InChI is InChI=1S/C30H48N4O9/c1-17(2)13-22(33-28(41)20(31)14-18-9-5-3-6-10-18)29(42)34-23(16-35)25(38)26(39)27(40)30(43)32-21(15-24(36)37)19-11-7-4-8-12-19/h4,7-8,11-12,17-18,20-23,25-27,35,38-40H,3,5-6,9-10,13-16,31H2,1-2H3,(H,32,43)(H,33,41)(H,34,42)(H,36,37)/t20-,21-,22-,23-,25+,26+,27-/m0/s1. The predicted molar refractivity (Wildman–Crippen MR) is 157 cm³/mol. The average Bonchev–Trinajstić information content (AvgIpc) is 2.98. The summed E-state index contributed by atoms with van der Waals surface area (Å²) in [7, 11) is 0. The summed E-state index contributed by atoms with van der Waals surface area (Å²) < 4.78 is 0. The van der Waals surface area contributed by atoms with Crippen LogP contribution in [0.4, 0.5) is 0 Å². The molecular weight excluding hydrogens is 560 g/mol. The van der Waals surface area contributed by atoms with Gasteiger partial charge in [0.15, 0.2) is 6.10 Å². The molecule has 43 heavy (non-hydrogen) atoms. The van der Waals surface area contributed by atoms with E-state index in [2.05, 4.69) is 16.0 Å². The Balaban J connectivity index is 2.04. The van der Waals surface area contributed by atoms with Crippen molar-refractivity contribution in [3.63, 3.8) is 0 Å². The number of aliphatic carboxylic acids is 1. The summed E-state index contributed by atoms with van der Waals surface area (Å²) in [5.74, 6) is -3.30. The van der Waals surface area contributed by atoms with Crippen LogP contribution in [0.1, 0.15) is 76.8 Å². The maximum atomic E-state index is 13.2. The van der Waals surface area contributed by atoms with E-state index in [0.717, 1.165) is 25.7 Å². The van der Waals surface area contributed by atoms with Crippen molar-refractivity contribution in [2.24, 2.45) is 17.6 Å². The summed E-state index contributed by atoms with van der Waals surface area (Å²) in [4.78, 5) is 50.1. The molecule has 1 aromatic rings. The Labute approximate surface area is 252 Å². The Kier molecular flexibility index (Phi) is 15.0. The Morgan fingerprint density at radius 2 is 1.51 bits per heavy atom. The summed E-state index contributed by atoms with van der Waals surface area (Å²) in [6.07, 6.45) is -0.813. The van der Waals surface area contributed by atoms with Crippen LogP contribution >= 0.6 is 0 Å². The number of benzene rings is 1. The van der Waals surface area contributed by atoms with Gasteiger partial charge in [-0.05, 0) is 30.2 Å².